The van der Waals surface area contributed by atoms with E-state index >= 15 is 0 Å². The summed E-state index contributed by atoms with van der Waals surface area (Å²) in [5.74, 6) is 0.621. The van der Waals surface area contributed by atoms with Crippen LogP contribution in [0.25, 0.3) is 33.4 Å². The Kier molecular flexibility index (Phi) is 2.44. The van der Waals surface area contributed by atoms with Gasteiger partial charge in [0.2, 0.25) is 5.43 Å². The molecule has 0 saturated carbocycles. The fraction of sp³-hybridized carbons (Fsp3) is 0.0588. The summed E-state index contributed by atoms with van der Waals surface area (Å²) in [5.41, 5.74) is 2.86. The lowest BCUT2D eigenvalue weighted by Crippen LogP contribution is -2.07. The molecule has 0 atom stereocenters. The number of hydrogen-bond acceptors (Lipinski definition) is 3. The van der Waals surface area contributed by atoms with E-state index in [-0.39, 0.29) is 5.43 Å². The standard InChI is InChI=1S/C17H12N2O2/c1-19-14-8-4-3-7-13(14)18-17(19)12-10-21-15-9-5-2-6-11(15)16(12)20/h2-10H,1H3. The highest BCUT2D eigenvalue weighted by molar-refractivity contribution is 5.84. The number of nitrogens with zero attached hydrogens (tertiary/aromatic N) is 2. The Morgan fingerprint density at radius 2 is 1.81 bits per heavy atom. The van der Waals surface area contributed by atoms with Gasteiger partial charge in [-0.3, -0.25) is 4.79 Å². The van der Waals surface area contributed by atoms with E-state index in [1.54, 1.807) is 12.1 Å². The summed E-state index contributed by atoms with van der Waals surface area (Å²) >= 11 is 0. The summed E-state index contributed by atoms with van der Waals surface area (Å²) in [4.78, 5) is 17.2. The molecule has 0 spiro atoms. The van der Waals surface area contributed by atoms with Gasteiger partial charge in [0.1, 0.15) is 23.2 Å². The monoisotopic (exact) mass is 276 g/mol. The molecule has 4 rings (SSSR count). The Bertz CT molecular complexity index is 1030. The van der Waals surface area contributed by atoms with E-state index in [1.807, 2.05) is 48.0 Å². The second kappa shape index (κ2) is 4.31. The summed E-state index contributed by atoms with van der Waals surface area (Å²) in [6, 6.07) is 15.0. The molecule has 4 heteroatoms. The van der Waals surface area contributed by atoms with Crippen molar-refractivity contribution in [2.24, 2.45) is 7.05 Å². The zero-order chi connectivity index (χ0) is 14.4. The maximum atomic E-state index is 12.6. The van der Waals surface area contributed by atoms with E-state index in [0.29, 0.717) is 22.4 Å². The smallest absolute Gasteiger partial charge is 0.203 e. The van der Waals surface area contributed by atoms with Crippen molar-refractivity contribution in [1.29, 1.82) is 0 Å². The van der Waals surface area contributed by atoms with Gasteiger partial charge in [-0.05, 0) is 24.3 Å². The van der Waals surface area contributed by atoms with Gasteiger partial charge in [0.25, 0.3) is 0 Å². The Hall–Kier alpha value is -2.88. The van der Waals surface area contributed by atoms with E-state index in [4.69, 9.17) is 4.42 Å². The van der Waals surface area contributed by atoms with Crippen LogP contribution in [-0.4, -0.2) is 9.55 Å². The second-order valence-corrected chi connectivity index (χ2v) is 4.96. The van der Waals surface area contributed by atoms with Crippen LogP contribution >= 0.6 is 0 Å². The summed E-state index contributed by atoms with van der Waals surface area (Å²) in [6.45, 7) is 0. The molecule has 0 bridgehead atoms. The van der Waals surface area contributed by atoms with Gasteiger partial charge in [-0.25, -0.2) is 4.98 Å². The van der Waals surface area contributed by atoms with Gasteiger partial charge in [-0.1, -0.05) is 24.3 Å². The number of hydrogen-bond donors (Lipinski definition) is 0. The maximum Gasteiger partial charge on any atom is 0.203 e. The molecule has 4 nitrogen and oxygen atoms in total. The number of imidazole rings is 1. The fourth-order valence-corrected chi connectivity index (χ4v) is 2.62. The first-order valence-corrected chi connectivity index (χ1v) is 6.68. The van der Waals surface area contributed by atoms with Gasteiger partial charge in [-0.2, -0.15) is 0 Å². The number of aromatic nitrogens is 2. The minimum atomic E-state index is -0.0599. The van der Waals surface area contributed by atoms with Gasteiger partial charge in [0.15, 0.2) is 0 Å². The third-order valence-electron chi connectivity index (χ3n) is 3.71. The lowest BCUT2D eigenvalue weighted by atomic mass is 10.1. The average Bonchev–Trinajstić information content (AvgIpc) is 2.85. The Labute approximate surface area is 120 Å². The van der Waals surface area contributed by atoms with Crippen LogP contribution in [0.3, 0.4) is 0 Å². The minimum absolute atomic E-state index is 0.0599. The van der Waals surface area contributed by atoms with E-state index < -0.39 is 0 Å². The van der Waals surface area contributed by atoms with Crippen LogP contribution in [0, 0.1) is 0 Å². The first-order chi connectivity index (χ1) is 10.3. The van der Waals surface area contributed by atoms with Crippen molar-refractivity contribution < 1.29 is 4.42 Å². The van der Waals surface area contributed by atoms with Crippen molar-refractivity contribution in [3.63, 3.8) is 0 Å². The molecule has 2 aromatic heterocycles. The van der Waals surface area contributed by atoms with E-state index in [1.165, 1.54) is 6.26 Å². The summed E-state index contributed by atoms with van der Waals surface area (Å²) in [7, 11) is 1.90. The van der Waals surface area contributed by atoms with Crippen LogP contribution in [0.2, 0.25) is 0 Å². The average molecular weight is 276 g/mol. The maximum absolute atomic E-state index is 12.6. The highest BCUT2D eigenvalue weighted by atomic mass is 16.3. The third-order valence-corrected chi connectivity index (χ3v) is 3.71. The lowest BCUT2D eigenvalue weighted by molar-refractivity contribution is 0.603. The predicted molar refractivity (Wildman–Crippen MR) is 82.2 cm³/mol. The van der Waals surface area contributed by atoms with Crippen LogP contribution in [0.5, 0.6) is 0 Å². The van der Waals surface area contributed by atoms with Crippen molar-refractivity contribution in [3.8, 4) is 11.4 Å². The molecule has 2 heterocycles. The SMILES string of the molecule is Cn1c(-c2coc3ccccc3c2=O)nc2ccccc21. The lowest BCUT2D eigenvalue weighted by Gasteiger charge is -2.03. The van der Waals surface area contributed by atoms with Gasteiger partial charge in [0.05, 0.1) is 16.4 Å². The zero-order valence-electron chi connectivity index (χ0n) is 11.4. The summed E-state index contributed by atoms with van der Waals surface area (Å²) in [6.07, 6.45) is 1.49. The quantitative estimate of drug-likeness (QED) is 0.535. The van der Waals surface area contributed by atoms with Crippen molar-refractivity contribution >= 4 is 22.0 Å². The van der Waals surface area contributed by atoms with Crippen LogP contribution < -0.4 is 5.43 Å². The summed E-state index contributed by atoms with van der Waals surface area (Å²) in [5, 5.41) is 0.571. The van der Waals surface area contributed by atoms with Crippen LogP contribution in [0.15, 0.2) is 64.0 Å². The molecular formula is C17H12N2O2. The fourth-order valence-electron chi connectivity index (χ4n) is 2.62. The number of aryl methyl sites for hydroxylation is 1. The Morgan fingerprint density at radius 3 is 2.67 bits per heavy atom. The Morgan fingerprint density at radius 1 is 1.05 bits per heavy atom. The number of para-hydroxylation sites is 3. The molecule has 0 unspecified atom stereocenters. The molecule has 21 heavy (non-hydrogen) atoms. The number of benzene rings is 2. The largest absolute Gasteiger partial charge is 0.463 e. The minimum Gasteiger partial charge on any atom is -0.463 e. The molecule has 2 aromatic carbocycles. The molecule has 4 aromatic rings. The molecule has 0 aliphatic rings. The molecular weight excluding hydrogens is 264 g/mol. The van der Waals surface area contributed by atoms with Crippen LogP contribution in [0.1, 0.15) is 0 Å². The molecule has 0 N–H and O–H groups in total. The Balaban J connectivity index is 2.07. The van der Waals surface area contributed by atoms with E-state index in [2.05, 4.69) is 4.98 Å². The summed E-state index contributed by atoms with van der Waals surface area (Å²) < 4.78 is 7.49. The molecule has 0 saturated heterocycles. The molecule has 0 aliphatic heterocycles. The second-order valence-electron chi connectivity index (χ2n) is 4.96. The van der Waals surface area contributed by atoms with E-state index in [0.717, 1.165) is 11.0 Å². The first-order valence-electron chi connectivity index (χ1n) is 6.68. The van der Waals surface area contributed by atoms with E-state index in [9.17, 15) is 4.79 Å². The highest BCUT2D eigenvalue weighted by Crippen LogP contribution is 2.23. The van der Waals surface area contributed by atoms with Crippen molar-refractivity contribution in [1.82, 2.24) is 9.55 Å². The number of fused-ring (bicyclic) bond motifs is 2. The van der Waals surface area contributed by atoms with Crippen LogP contribution in [0.4, 0.5) is 0 Å². The third kappa shape index (κ3) is 1.69. The number of rotatable bonds is 1. The zero-order valence-corrected chi connectivity index (χ0v) is 11.4. The molecule has 102 valence electrons. The molecule has 0 amide bonds. The van der Waals surface area contributed by atoms with Gasteiger partial charge >= 0.3 is 0 Å². The van der Waals surface area contributed by atoms with Crippen LogP contribution in [-0.2, 0) is 7.05 Å². The first kappa shape index (κ1) is 11.9. The molecule has 0 fully saturated rings. The van der Waals surface area contributed by atoms with Crippen molar-refractivity contribution in [2.75, 3.05) is 0 Å². The molecule has 0 radical (unpaired) electrons. The van der Waals surface area contributed by atoms with Gasteiger partial charge < -0.3 is 8.98 Å². The van der Waals surface area contributed by atoms with Crippen molar-refractivity contribution in [2.45, 2.75) is 0 Å². The molecule has 0 aliphatic carbocycles. The van der Waals surface area contributed by atoms with Gasteiger partial charge in [-0.15, -0.1) is 0 Å². The topological polar surface area (TPSA) is 48.0 Å². The van der Waals surface area contributed by atoms with Crippen molar-refractivity contribution in [3.05, 3.63) is 65.0 Å². The predicted octanol–water partition coefficient (Wildman–Crippen LogP) is 3.35. The normalized spacial score (nSPS) is 11.3. The highest BCUT2D eigenvalue weighted by Gasteiger charge is 2.15. The van der Waals surface area contributed by atoms with Gasteiger partial charge in [0, 0.05) is 7.05 Å².